The summed E-state index contributed by atoms with van der Waals surface area (Å²) in [5, 5.41) is 12.9. The quantitative estimate of drug-likeness (QED) is 0.610. The van der Waals surface area contributed by atoms with Crippen LogP contribution < -0.4 is 11.1 Å². The van der Waals surface area contributed by atoms with E-state index in [0.29, 0.717) is 13.0 Å². The van der Waals surface area contributed by atoms with Crippen molar-refractivity contribution in [1.82, 2.24) is 5.32 Å². The summed E-state index contributed by atoms with van der Waals surface area (Å²) in [5.41, 5.74) is 5.50. The molecule has 0 spiro atoms. The van der Waals surface area contributed by atoms with Crippen molar-refractivity contribution in [2.45, 2.75) is 19.4 Å². The average molecular weight is 264 g/mol. The average Bonchev–Trinajstić information content (AvgIpc) is 2.65. The molecule has 17 heavy (non-hydrogen) atoms. The molecule has 1 heterocycles. The molecule has 96 valence electrons. The lowest BCUT2D eigenvalue weighted by Crippen LogP contribution is -2.28. The fraction of sp³-hybridized carbons (Fsp3) is 0.444. The molecule has 7 nitrogen and oxygen atoms in total. The lowest BCUT2D eigenvalue weighted by Gasteiger charge is -2.05. The van der Waals surface area contributed by atoms with E-state index in [9.17, 15) is 14.9 Å². The fourth-order valence-corrected chi connectivity index (χ4v) is 1.05. The third-order valence-corrected chi connectivity index (χ3v) is 1.88. The van der Waals surface area contributed by atoms with Crippen LogP contribution in [0.25, 0.3) is 0 Å². The molecule has 0 radical (unpaired) electrons. The number of nitro groups is 1. The zero-order valence-corrected chi connectivity index (χ0v) is 10.0. The zero-order valence-electron chi connectivity index (χ0n) is 9.21. The van der Waals surface area contributed by atoms with Crippen molar-refractivity contribution < 1.29 is 14.1 Å². The van der Waals surface area contributed by atoms with Crippen molar-refractivity contribution in [3.63, 3.8) is 0 Å². The third kappa shape index (κ3) is 4.83. The molecular weight excluding hydrogens is 250 g/mol. The van der Waals surface area contributed by atoms with Gasteiger partial charge in [-0.15, -0.1) is 12.4 Å². The summed E-state index contributed by atoms with van der Waals surface area (Å²) in [6.45, 7) is 2.23. The molecule has 1 rings (SSSR count). The SMILES string of the molecule is CC(N)CCNC(=O)c1ccc([N+](=O)[O-])o1.Cl. The van der Waals surface area contributed by atoms with Crippen LogP contribution in [0, 0.1) is 10.1 Å². The Bertz CT molecular complexity index is 391. The number of amides is 1. The summed E-state index contributed by atoms with van der Waals surface area (Å²) in [7, 11) is 0. The summed E-state index contributed by atoms with van der Waals surface area (Å²) in [6, 6.07) is 2.39. The minimum absolute atomic E-state index is 0. The third-order valence-electron chi connectivity index (χ3n) is 1.88. The van der Waals surface area contributed by atoms with Crippen LogP contribution in [-0.4, -0.2) is 23.4 Å². The first-order valence-electron chi connectivity index (χ1n) is 4.78. The van der Waals surface area contributed by atoms with Gasteiger partial charge >= 0.3 is 5.88 Å². The van der Waals surface area contributed by atoms with E-state index in [2.05, 4.69) is 5.32 Å². The molecule has 0 aliphatic carbocycles. The van der Waals surface area contributed by atoms with E-state index in [-0.39, 0.29) is 24.2 Å². The second-order valence-electron chi connectivity index (χ2n) is 3.42. The molecule has 0 fully saturated rings. The monoisotopic (exact) mass is 263 g/mol. The van der Waals surface area contributed by atoms with Gasteiger partial charge in [0.25, 0.3) is 5.91 Å². The van der Waals surface area contributed by atoms with E-state index < -0.39 is 16.7 Å². The lowest BCUT2D eigenvalue weighted by molar-refractivity contribution is -0.402. The van der Waals surface area contributed by atoms with E-state index in [1.807, 2.05) is 6.92 Å². The summed E-state index contributed by atoms with van der Waals surface area (Å²) in [5.74, 6) is -0.998. The van der Waals surface area contributed by atoms with Crippen molar-refractivity contribution in [3.05, 3.63) is 28.0 Å². The molecule has 0 aromatic carbocycles. The van der Waals surface area contributed by atoms with E-state index in [1.165, 1.54) is 6.07 Å². The van der Waals surface area contributed by atoms with Crippen molar-refractivity contribution in [3.8, 4) is 0 Å². The summed E-state index contributed by atoms with van der Waals surface area (Å²) < 4.78 is 4.72. The molecule has 0 bridgehead atoms. The van der Waals surface area contributed by atoms with Crippen molar-refractivity contribution in [2.24, 2.45) is 5.73 Å². The first kappa shape index (κ1) is 15.4. The van der Waals surface area contributed by atoms with E-state index in [0.717, 1.165) is 6.07 Å². The smallest absolute Gasteiger partial charge is 0.395 e. The molecule has 0 aliphatic heterocycles. The van der Waals surface area contributed by atoms with Crippen LogP contribution in [0.2, 0.25) is 0 Å². The Morgan fingerprint density at radius 3 is 2.76 bits per heavy atom. The summed E-state index contributed by atoms with van der Waals surface area (Å²) >= 11 is 0. The van der Waals surface area contributed by atoms with Crippen LogP contribution in [0.5, 0.6) is 0 Å². The molecule has 3 N–H and O–H groups in total. The lowest BCUT2D eigenvalue weighted by atomic mass is 10.2. The standard InChI is InChI=1S/C9H13N3O4.ClH/c1-6(10)4-5-11-9(13)7-2-3-8(16-7)12(14)15;/h2-3,6H,4-5,10H2,1H3,(H,11,13);1H. The second kappa shape index (κ2) is 6.87. The molecule has 1 aromatic rings. The first-order valence-corrected chi connectivity index (χ1v) is 4.78. The minimum Gasteiger partial charge on any atom is -0.395 e. The van der Waals surface area contributed by atoms with E-state index in [4.69, 9.17) is 10.2 Å². The van der Waals surface area contributed by atoms with Gasteiger partial charge < -0.3 is 15.5 Å². The van der Waals surface area contributed by atoms with Gasteiger partial charge in [0.1, 0.15) is 4.92 Å². The van der Waals surface area contributed by atoms with Crippen LogP contribution in [0.1, 0.15) is 23.9 Å². The summed E-state index contributed by atoms with van der Waals surface area (Å²) in [6.07, 6.45) is 0.633. The van der Waals surface area contributed by atoms with Gasteiger partial charge in [-0.2, -0.15) is 0 Å². The maximum Gasteiger partial charge on any atom is 0.433 e. The van der Waals surface area contributed by atoms with Gasteiger partial charge in [-0.25, -0.2) is 0 Å². The number of halogens is 1. The number of hydrogen-bond acceptors (Lipinski definition) is 5. The molecule has 1 aromatic heterocycles. The number of nitrogens with one attached hydrogen (secondary N) is 1. The Hall–Kier alpha value is -1.60. The van der Waals surface area contributed by atoms with E-state index >= 15 is 0 Å². The van der Waals surface area contributed by atoms with Crippen molar-refractivity contribution in [1.29, 1.82) is 0 Å². The number of nitrogens with two attached hydrogens (primary N) is 1. The second-order valence-corrected chi connectivity index (χ2v) is 3.42. The molecule has 1 amide bonds. The van der Waals surface area contributed by atoms with Crippen LogP contribution in [0.15, 0.2) is 16.5 Å². The van der Waals surface area contributed by atoms with Crippen molar-refractivity contribution in [2.75, 3.05) is 6.54 Å². The zero-order chi connectivity index (χ0) is 12.1. The van der Waals surface area contributed by atoms with Gasteiger partial charge in [-0.3, -0.25) is 14.9 Å². The first-order chi connectivity index (χ1) is 7.50. The van der Waals surface area contributed by atoms with Crippen molar-refractivity contribution >= 4 is 24.2 Å². The topological polar surface area (TPSA) is 111 Å². The molecule has 0 saturated heterocycles. The number of carbonyl (C=O) groups excluding carboxylic acids is 1. The summed E-state index contributed by atoms with van der Waals surface area (Å²) in [4.78, 5) is 21.0. The Balaban J connectivity index is 0.00000256. The molecule has 8 heteroatoms. The van der Waals surface area contributed by atoms with Gasteiger partial charge in [-0.05, 0) is 19.4 Å². The Labute approximate surface area is 104 Å². The maximum absolute atomic E-state index is 11.4. The Kier molecular flexibility index (Phi) is 6.22. The highest BCUT2D eigenvalue weighted by molar-refractivity contribution is 5.91. The van der Waals surface area contributed by atoms with Gasteiger partial charge in [0, 0.05) is 12.6 Å². The Morgan fingerprint density at radius 2 is 2.29 bits per heavy atom. The van der Waals surface area contributed by atoms with Crippen LogP contribution in [0.4, 0.5) is 5.88 Å². The highest BCUT2D eigenvalue weighted by atomic mass is 35.5. The number of nitrogens with zero attached hydrogens (tertiary/aromatic N) is 1. The predicted molar refractivity (Wildman–Crippen MR) is 63.2 cm³/mol. The number of carbonyl (C=O) groups is 1. The molecule has 1 atom stereocenters. The van der Waals surface area contributed by atoms with Crippen LogP contribution in [0.3, 0.4) is 0 Å². The minimum atomic E-state index is -0.696. The maximum atomic E-state index is 11.4. The molecule has 0 aliphatic rings. The van der Waals surface area contributed by atoms with Crippen LogP contribution >= 0.6 is 12.4 Å². The van der Waals surface area contributed by atoms with Gasteiger partial charge in [-0.1, -0.05) is 0 Å². The van der Waals surface area contributed by atoms with E-state index in [1.54, 1.807) is 0 Å². The largest absolute Gasteiger partial charge is 0.433 e. The Morgan fingerprint density at radius 1 is 1.65 bits per heavy atom. The molecular formula is C9H14ClN3O4. The van der Waals surface area contributed by atoms with Gasteiger partial charge in [0.15, 0.2) is 5.76 Å². The normalized spacial score (nSPS) is 11.4. The van der Waals surface area contributed by atoms with Gasteiger partial charge in [0.2, 0.25) is 0 Å². The molecule has 0 saturated carbocycles. The number of furan rings is 1. The van der Waals surface area contributed by atoms with Gasteiger partial charge in [0.05, 0.1) is 6.07 Å². The predicted octanol–water partition coefficient (Wildman–Crippen LogP) is 1.08. The number of hydrogen-bond donors (Lipinski definition) is 2. The number of rotatable bonds is 5. The highest BCUT2D eigenvalue weighted by Crippen LogP contribution is 2.15. The highest BCUT2D eigenvalue weighted by Gasteiger charge is 2.16. The molecule has 1 unspecified atom stereocenters. The fourth-order valence-electron chi connectivity index (χ4n) is 1.05. The van der Waals surface area contributed by atoms with Crippen LogP contribution in [-0.2, 0) is 0 Å².